The number of hydrogen-bond donors (Lipinski definition) is 0. The van der Waals surface area contributed by atoms with Gasteiger partial charge in [0.15, 0.2) is 17.5 Å². The standard InChI is InChI=1S/C27H42F4O10/c1-3-5-33-7-9-35-11-13-37-15-17-39-19-20-40-18-16-38-14-12-36-10-8-34-6-4-22(32)41-27-24(29)21(2)23(28)25(30)26(27)31/h3-20H2,1-2H3. The summed E-state index contributed by atoms with van der Waals surface area (Å²) in [5.74, 6) is -9.33. The predicted octanol–water partition coefficient (Wildman–Crippen LogP) is 3.39. The minimum absolute atomic E-state index is 0.122. The summed E-state index contributed by atoms with van der Waals surface area (Å²) in [6, 6.07) is 0. The maximum Gasteiger partial charge on any atom is 0.313 e. The Morgan fingerprint density at radius 3 is 1.20 bits per heavy atom. The van der Waals surface area contributed by atoms with E-state index in [0.29, 0.717) is 79.3 Å². The van der Waals surface area contributed by atoms with Crippen LogP contribution >= 0.6 is 0 Å². The van der Waals surface area contributed by atoms with Crippen molar-refractivity contribution in [3.8, 4) is 5.75 Å². The van der Waals surface area contributed by atoms with Crippen LogP contribution in [0.1, 0.15) is 25.3 Å². The zero-order valence-electron chi connectivity index (χ0n) is 23.8. The molecule has 0 aromatic heterocycles. The molecular formula is C27H42F4O10. The first kappa shape index (κ1) is 37.1. The largest absolute Gasteiger partial charge is 0.420 e. The number of carbonyl (C=O) groups excluding carboxylic acids is 1. The molecule has 0 fully saturated rings. The van der Waals surface area contributed by atoms with Crippen molar-refractivity contribution in [2.45, 2.75) is 26.7 Å². The Kier molecular flexibility index (Phi) is 22.3. The number of esters is 1. The lowest BCUT2D eigenvalue weighted by Gasteiger charge is -2.10. The van der Waals surface area contributed by atoms with Gasteiger partial charge in [-0.05, 0) is 13.3 Å². The van der Waals surface area contributed by atoms with Crippen molar-refractivity contribution in [1.29, 1.82) is 0 Å². The molecule has 10 nitrogen and oxygen atoms in total. The highest BCUT2D eigenvalue weighted by atomic mass is 19.2. The van der Waals surface area contributed by atoms with Crippen LogP contribution in [0.3, 0.4) is 0 Å². The Hall–Kier alpha value is -1.91. The summed E-state index contributed by atoms with van der Waals surface area (Å²) in [5.41, 5.74) is -0.790. The van der Waals surface area contributed by atoms with Crippen LogP contribution in [0, 0.1) is 30.2 Å². The summed E-state index contributed by atoms with van der Waals surface area (Å²) in [6.45, 7) is 9.48. The van der Waals surface area contributed by atoms with Crippen LogP contribution in [0.5, 0.6) is 5.75 Å². The van der Waals surface area contributed by atoms with Gasteiger partial charge in [-0.25, -0.2) is 13.2 Å². The molecule has 0 spiro atoms. The van der Waals surface area contributed by atoms with Crippen molar-refractivity contribution in [2.75, 3.05) is 106 Å². The van der Waals surface area contributed by atoms with Crippen molar-refractivity contribution in [3.05, 3.63) is 28.8 Å². The Balaban J connectivity index is 1.83. The molecule has 1 aromatic carbocycles. The number of rotatable bonds is 27. The molecule has 0 aliphatic rings. The monoisotopic (exact) mass is 602 g/mol. The summed E-state index contributed by atoms with van der Waals surface area (Å²) in [6.07, 6.45) is 0.641. The van der Waals surface area contributed by atoms with E-state index in [2.05, 4.69) is 11.7 Å². The highest BCUT2D eigenvalue weighted by Crippen LogP contribution is 2.29. The predicted molar refractivity (Wildman–Crippen MR) is 138 cm³/mol. The topological polar surface area (TPSA) is 100 Å². The Bertz CT molecular complexity index is 803. The molecule has 0 aliphatic heterocycles. The van der Waals surface area contributed by atoms with Gasteiger partial charge in [-0.1, -0.05) is 6.92 Å². The second-order valence-electron chi connectivity index (χ2n) is 8.33. The molecule has 0 saturated carbocycles. The molecule has 1 rings (SSSR count). The van der Waals surface area contributed by atoms with E-state index < -0.39 is 40.6 Å². The molecule has 0 saturated heterocycles. The van der Waals surface area contributed by atoms with Gasteiger partial charge in [0.1, 0.15) is 0 Å². The van der Waals surface area contributed by atoms with Crippen LogP contribution in [0.15, 0.2) is 0 Å². The summed E-state index contributed by atoms with van der Waals surface area (Å²) in [5, 5.41) is 0. The fraction of sp³-hybridized carbons (Fsp3) is 0.741. The van der Waals surface area contributed by atoms with Crippen LogP contribution in [0.4, 0.5) is 17.6 Å². The molecule has 1 aromatic rings. The number of carbonyl (C=O) groups is 1. The molecule has 0 bridgehead atoms. The molecule has 14 heteroatoms. The molecule has 0 atom stereocenters. The molecule has 0 N–H and O–H groups in total. The van der Waals surface area contributed by atoms with Crippen LogP contribution < -0.4 is 4.74 Å². The van der Waals surface area contributed by atoms with Gasteiger partial charge >= 0.3 is 5.97 Å². The third-order valence-corrected chi connectivity index (χ3v) is 5.06. The first-order valence-electron chi connectivity index (χ1n) is 13.5. The fourth-order valence-electron chi connectivity index (χ4n) is 2.92. The summed E-state index contributed by atoms with van der Waals surface area (Å²) in [7, 11) is 0. The first-order chi connectivity index (χ1) is 19.9. The quantitative estimate of drug-likeness (QED) is 0.0372. The Morgan fingerprint density at radius 1 is 0.488 bits per heavy atom. The van der Waals surface area contributed by atoms with E-state index in [1.54, 1.807) is 0 Å². The van der Waals surface area contributed by atoms with Gasteiger partial charge < -0.3 is 42.6 Å². The lowest BCUT2D eigenvalue weighted by atomic mass is 10.2. The SMILES string of the molecule is CCCOCCOCCOCCOCCOCCOCCOCCOCCC(=O)Oc1c(F)c(C)c(F)c(F)c1F. The molecule has 0 heterocycles. The molecular weight excluding hydrogens is 560 g/mol. The van der Waals surface area contributed by atoms with Crippen molar-refractivity contribution < 1.29 is 65.0 Å². The number of halogens is 4. The molecule has 0 amide bonds. The molecule has 0 radical (unpaired) electrons. The van der Waals surface area contributed by atoms with Gasteiger partial charge in [0, 0.05) is 12.2 Å². The zero-order chi connectivity index (χ0) is 30.1. The van der Waals surface area contributed by atoms with Crippen LogP contribution in [0.25, 0.3) is 0 Å². The highest BCUT2D eigenvalue weighted by Gasteiger charge is 2.26. The van der Waals surface area contributed by atoms with Crippen molar-refractivity contribution in [2.24, 2.45) is 0 Å². The average Bonchev–Trinajstić information content (AvgIpc) is 2.97. The van der Waals surface area contributed by atoms with E-state index in [9.17, 15) is 22.4 Å². The van der Waals surface area contributed by atoms with Gasteiger partial charge in [0.25, 0.3) is 0 Å². The van der Waals surface area contributed by atoms with E-state index in [4.69, 9.17) is 37.9 Å². The van der Waals surface area contributed by atoms with Gasteiger partial charge in [-0.2, -0.15) is 4.39 Å². The summed E-state index contributed by atoms with van der Waals surface area (Å²) >= 11 is 0. The van der Waals surface area contributed by atoms with Gasteiger partial charge in [-0.15, -0.1) is 0 Å². The Labute approximate surface area is 238 Å². The van der Waals surface area contributed by atoms with Gasteiger partial charge in [0.05, 0.1) is 106 Å². The minimum atomic E-state index is -1.92. The third-order valence-electron chi connectivity index (χ3n) is 5.06. The number of hydrogen-bond acceptors (Lipinski definition) is 10. The fourth-order valence-corrected chi connectivity index (χ4v) is 2.92. The number of benzene rings is 1. The summed E-state index contributed by atoms with van der Waals surface area (Å²) in [4.78, 5) is 11.7. The van der Waals surface area contributed by atoms with Crippen LogP contribution in [0.2, 0.25) is 0 Å². The first-order valence-corrected chi connectivity index (χ1v) is 13.5. The maximum absolute atomic E-state index is 13.9. The van der Waals surface area contributed by atoms with Gasteiger partial charge in [0.2, 0.25) is 11.6 Å². The smallest absolute Gasteiger partial charge is 0.313 e. The minimum Gasteiger partial charge on any atom is -0.420 e. The van der Waals surface area contributed by atoms with E-state index in [1.165, 1.54) is 0 Å². The molecule has 0 unspecified atom stereocenters. The Morgan fingerprint density at radius 2 is 0.829 bits per heavy atom. The lowest BCUT2D eigenvalue weighted by molar-refractivity contribution is -0.136. The molecule has 238 valence electrons. The van der Waals surface area contributed by atoms with E-state index in [-0.39, 0.29) is 26.2 Å². The number of ether oxygens (including phenoxy) is 9. The van der Waals surface area contributed by atoms with E-state index in [0.717, 1.165) is 20.0 Å². The van der Waals surface area contributed by atoms with E-state index in [1.807, 2.05) is 0 Å². The van der Waals surface area contributed by atoms with Crippen molar-refractivity contribution in [3.63, 3.8) is 0 Å². The van der Waals surface area contributed by atoms with Crippen LogP contribution in [-0.2, 0) is 42.7 Å². The second-order valence-corrected chi connectivity index (χ2v) is 8.33. The molecule has 41 heavy (non-hydrogen) atoms. The van der Waals surface area contributed by atoms with Gasteiger partial charge in [-0.3, -0.25) is 4.79 Å². The van der Waals surface area contributed by atoms with Crippen molar-refractivity contribution in [1.82, 2.24) is 0 Å². The third kappa shape index (κ3) is 17.6. The highest BCUT2D eigenvalue weighted by molar-refractivity contribution is 5.72. The second kappa shape index (κ2) is 24.7. The van der Waals surface area contributed by atoms with Crippen LogP contribution in [-0.4, -0.2) is 112 Å². The van der Waals surface area contributed by atoms with E-state index >= 15 is 0 Å². The normalized spacial score (nSPS) is 11.4. The zero-order valence-corrected chi connectivity index (χ0v) is 23.8. The lowest BCUT2D eigenvalue weighted by Crippen LogP contribution is -2.16. The molecule has 0 aliphatic carbocycles. The summed E-state index contributed by atoms with van der Waals surface area (Å²) < 4.78 is 101. The maximum atomic E-state index is 13.9. The average molecular weight is 603 g/mol. The van der Waals surface area contributed by atoms with Crippen molar-refractivity contribution >= 4 is 5.97 Å².